The van der Waals surface area contributed by atoms with Gasteiger partial charge in [0, 0.05) is 0 Å². The lowest BCUT2D eigenvalue weighted by Crippen LogP contribution is -2.09. The van der Waals surface area contributed by atoms with Crippen molar-refractivity contribution in [3.8, 4) is 0 Å². The molecule has 1 rings (SSSR count). The molecule has 0 spiro atoms. The van der Waals surface area contributed by atoms with Crippen molar-refractivity contribution in [3.63, 3.8) is 0 Å². The highest BCUT2D eigenvalue weighted by atomic mass is 16.8. The Morgan fingerprint density at radius 3 is 0.667 bits per heavy atom. The second-order valence-electron chi connectivity index (χ2n) is 5.19. The number of hydrogen-bond donors (Lipinski definition) is 0. The fraction of sp³-hybridized carbons (Fsp3) is 0.600. The Balaban J connectivity index is 2.83. The summed E-state index contributed by atoms with van der Waals surface area (Å²) in [6.07, 6.45) is 0. The fourth-order valence-electron chi connectivity index (χ4n) is 1.21. The lowest BCUT2D eigenvalue weighted by molar-refractivity contribution is -0.0518. The van der Waals surface area contributed by atoms with Crippen molar-refractivity contribution < 1.29 is 29.0 Å². The van der Waals surface area contributed by atoms with Crippen molar-refractivity contribution in [2.75, 3.05) is 20.4 Å². The van der Waals surface area contributed by atoms with E-state index in [0.717, 1.165) is 0 Å². The predicted molar refractivity (Wildman–Crippen MR) is 99.8 cm³/mol. The van der Waals surface area contributed by atoms with Crippen LogP contribution in [-0.2, 0) is 29.0 Å². The first-order chi connectivity index (χ1) is 12.9. The average Bonchev–Trinajstić information content (AvgIpc) is 2.65. The molecule has 0 aromatic carbocycles. The van der Waals surface area contributed by atoms with Gasteiger partial charge in [-0.1, -0.05) is 30.9 Å². The Labute approximate surface area is 157 Å². The first kappa shape index (κ1) is 21.9. The summed E-state index contributed by atoms with van der Waals surface area (Å²) in [5, 5.41) is 23.0. The third-order valence-electron chi connectivity index (χ3n) is 3.10. The van der Waals surface area contributed by atoms with E-state index in [0.29, 0.717) is 34.3 Å². The topological polar surface area (TPSA) is 130 Å². The average molecular weight is 384 g/mol. The molecule has 27 heavy (non-hydrogen) atoms. The van der Waals surface area contributed by atoms with Crippen molar-refractivity contribution in [2.45, 2.75) is 41.5 Å². The van der Waals surface area contributed by atoms with E-state index in [1.54, 1.807) is 41.5 Å². The lowest BCUT2D eigenvalue weighted by Gasteiger charge is -2.03. The molecule has 0 atom stereocenters. The summed E-state index contributed by atoms with van der Waals surface area (Å²) >= 11 is 0. The molecule has 0 saturated heterocycles. The van der Waals surface area contributed by atoms with Gasteiger partial charge in [-0.25, -0.2) is 0 Å². The van der Waals surface area contributed by atoms with Gasteiger partial charge in [0.15, 0.2) is 0 Å². The summed E-state index contributed by atoms with van der Waals surface area (Å²) in [5.41, 5.74) is 2.98. The van der Waals surface area contributed by atoms with Gasteiger partial charge in [0.25, 0.3) is 20.4 Å². The van der Waals surface area contributed by atoms with Crippen LogP contribution in [0.3, 0.4) is 0 Å². The molecule has 0 fully saturated rings. The molecule has 0 aromatic rings. The van der Waals surface area contributed by atoms with Crippen molar-refractivity contribution in [1.82, 2.24) is 0 Å². The third-order valence-corrected chi connectivity index (χ3v) is 3.10. The SMILES string of the molecule is CC1=NOCON=C(C)C(C)=NOCON=C(C)C(C)=NOCON=C1C. The Hall–Kier alpha value is -3.18. The fourth-order valence-corrected chi connectivity index (χ4v) is 1.21. The molecule has 0 saturated carbocycles. The minimum atomic E-state index is -0.189. The number of nitrogens with zero attached hydrogens (tertiary/aromatic N) is 6. The second-order valence-corrected chi connectivity index (χ2v) is 5.19. The number of hydrogen-bond acceptors (Lipinski definition) is 12. The van der Waals surface area contributed by atoms with Gasteiger partial charge in [-0.05, 0) is 41.5 Å². The van der Waals surface area contributed by atoms with Crippen molar-refractivity contribution in [2.24, 2.45) is 30.9 Å². The van der Waals surface area contributed by atoms with Gasteiger partial charge in [-0.2, -0.15) is 0 Å². The van der Waals surface area contributed by atoms with Gasteiger partial charge < -0.3 is 29.0 Å². The molecule has 0 bridgehead atoms. The van der Waals surface area contributed by atoms with Crippen LogP contribution in [0.15, 0.2) is 30.9 Å². The third kappa shape index (κ3) is 9.18. The molecule has 0 N–H and O–H groups in total. The zero-order chi connectivity index (χ0) is 20.1. The summed E-state index contributed by atoms with van der Waals surface area (Å²) in [5.74, 6) is 0. The Bertz CT molecular complexity index is 523. The Morgan fingerprint density at radius 1 is 0.370 bits per heavy atom. The molecule has 0 radical (unpaired) electrons. The highest BCUT2D eigenvalue weighted by Crippen LogP contribution is 1.94. The van der Waals surface area contributed by atoms with Crippen LogP contribution in [-0.4, -0.2) is 54.6 Å². The predicted octanol–water partition coefficient (Wildman–Crippen LogP) is 2.23. The van der Waals surface area contributed by atoms with Crippen LogP contribution in [0, 0.1) is 0 Å². The molecule has 12 heteroatoms. The molecule has 1 heterocycles. The minimum absolute atomic E-state index is 0.189. The van der Waals surface area contributed by atoms with E-state index in [9.17, 15) is 0 Å². The Kier molecular flexibility index (Phi) is 9.89. The zero-order valence-electron chi connectivity index (χ0n) is 16.3. The van der Waals surface area contributed by atoms with Crippen molar-refractivity contribution >= 4 is 34.3 Å². The highest BCUT2D eigenvalue weighted by Gasteiger charge is 2.02. The summed E-state index contributed by atoms with van der Waals surface area (Å²) in [4.78, 5) is 29.9. The Morgan fingerprint density at radius 2 is 0.519 bits per heavy atom. The molecule has 0 amide bonds. The highest BCUT2D eigenvalue weighted by molar-refractivity contribution is 6.41. The monoisotopic (exact) mass is 384 g/mol. The summed E-state index contributed by atoms with van der Waals surface area (Å²) in [6.45, 7) is 9.62. The standard InChI is InChI=1S/C15H24N6O6/c1-10-11(2)17-23-8-25-19-14(5)15(6)21-27-9-26-20-13(4)12(3)18-24-7-22-16-10/h7-9H2,1-6H3. The van der Waals surface area contributed by atoms with E-state index in [4.69, 9.17) is 29.0 Å². The molecule has 0 aliphatic carbocycles. The van der Waals surface area contributed by atoms with E-state index < -0.39 is 0 Å². The first-order valence-corrected chi connectivity index (χ1v) is 7.92. The quantitative estimate of drug-likeness (QED) is 0.629. The van der Waals surface area contributed by atoms with E-state index in [2.05, 4.69) is 30.9 Å². The van der Waals surface area contributed by atoms with Gasteiger partial charge in [0.2, 0.25) is 0 Å². The van der Waals surface area contributed by atoms with Crippen LogP contribution >= 0.6 is 0 Å². The number of oxime groups is 6. The van der Waals surface area contributed by atoms with Gasteiger partial charge in [0.1, 0.15) is 34.3 Å². The maximum atomic E-state index is 4.99. The summed E-state index contributed by atoms with van der Waals surface area (Å²) in [6, 6.07) is 0. The molecular formula is C15H24N6O6. The molecule has 12 nitrogen and oxygen atoms in total. The maximum Gasteiger partial charge on any atom is 0.280 e. The van der Waals surface area contributed by atoms with Crippen LogP contribution in [0.5, 0.6) is 0 Å². The summed E-state index contributed by atoms with van der Waals surface area (Å²) < 4.78 is 0. The van der Waals surface area contributed by atoms with E-state index >= 15 is 0 Å². The zero-order valence-corrected chi connectivity index (χ0v) is 16.3. The van der Waals surface area contributed by atoms with E-state index in [1.165, 1.54) is 0 Å². The normalized spacial score (nSPS) is 18.4. The van der Waals surface area contributed by atoms with Gasteiger partial charge in [0.05, 0.1) is 0 Å². The molecule has 0 aromatic heterocycles. The first-order valence-electron chi connectivity index (χ1n) is 7.92. The smallest absolute Gasteiger partial charge is 0.280 e. The van der Waals surface area contributed by atoms with Crippen LogP contribution in [0.1, 0.15) is 41.5 Å². The maximum absolute atomic E-state index is 4.99. The van der Waals surface area contributed by atoms with Gasteiger partial charge in [-0.15, -0.1) is 0 Å². The van der Waals surface area contributed by atoms with E-state index in [-0.39, 0.29) is 20.4 Å². The summed E-state index contributed by atoms with van der Waals surface area (Å²) in [7, 11) is 0. The van der Waals surface area contributed by atoms with Crippen LogP contribution in [0.2, 0.25) is 0 Å². The molecular weight excluding hydrogens is 360 g/mol. The van der Waals surface area contributed by atoms with Gasteiger partial charge >= 0.3 is 0 Å². The lowest BCUT2D eigenvalue weighted by atomic mass is 10.3. The van der Waals surface area contributed by atoms with Crippen LogP contribution in [0.25, 0.3) is 0 Å². The second kappa shape index (κ2) is 12.2. The molecule has 1 aliphatic heterocycles. The molecule has 0 unspecified atom stereocenters. The number of rotatable bonds is 0. The van der Waals surface area contributed by atoms with Crippen LogP contribution in [0.4, 0.5) is 0 Å². The molecule has 150 valence electrons. The van der Waals surface area contributed by atoms with Crippen molar-refractivity contribution in [1.29, 1.82) is 0 Å². The van der Waals surface area contributed by atoms with E-state index in [1.807, 2.05) is 0 Å². The minimum Gasteiger partial charge on any atom is -0.351 e. The van der Waals surface area contributed by atoms with Gasteiger partial charge in [-0.3, -0.25) is 0 Å². The van der Waals surface area contributed by atoms with Crippen molar-refractivity contribution in [3.05, 3.63) is 0 Å². The van der Waals surface area contributed by atoms with Crippen LogP contribution < -0.4 is 0 Å². The largest absolute Gasteiger partial charge is 0.351 e. The molecule has 1 aliphatic rings.